The number of carbonyl (C=O) groups is 1. The number of hydrogen-bond donors (Lipinski definition) is 1. The standard InChI is InChI=1S/C22H23N3O2S/c1-16-13-25(14-17(2)27-16)15-18(12-23)22(26)24-20-10-6-7-11-21(20)28-19-8-4-3-5-9-19/h3-11,15-17H,13-14H2,1-2H3,(H,24,26)/b18-15-. The molecule has 0 radical (unpaired) electrons. The molecule has 1 aliphatic rings. The molecule has 0 spiro atoms. The van der Waals surface area contributed by atoms with Crippen LogP contribution in [0.3, 0.4) is 0 Å². The normalized spacial score (nSPS) is 19.8. The van der Waals surface area contributed by atoms with Gasteiger partial charge in [0.25, 0.3) is 5.91 Å². The second kappa shape index (κ2) is 9.45. The van der Waals surface area contributed by atoms with E-state index in [2.05, 4.69) is 5.32 Å². The van der Waals surface area contributed by atoms with E-state index < -0.39 is 5.91 Å². The van der Waals surface area contributed by atoms with E-state index in [4.69, 9.17) is 4.74 Å². The second-order valence-corrected chi connectivity index (χ2v) is 7.85. The lowest BCUT2D eigenvalue weighted by Gasteiger charge is -2.34. The van der Waals surface area contributed by atoms with Crippen molar-refractivity contribution < 1.29 is 9.53 Å². The zero-order chi connectivity index (χ0) is 19.9. The number of ether oxygens (including phenoxy) is 1. The van der Waals surface area contributed by atoms with Crippen molar-refractivity contribution in [3.63, 3.8) is 0 Å². The van der Waals surface area contributed by atoms with Crippen LogP contribution in [0.4, 0.5) is 5.69 Å². The lowest BCUT2D eigenvalue weighted by atomic mass is 10.2. The molecular formula is C22H23N3O2S. The second-order valence-electron chi connectivity index (χ2n) is 6.73. The summed E-state index contributed by atoms with van der Waals surface area (Å²) in [6.45, 7) is 5.28. The van der Waals surface area contributed by atoms with Gasteiger partial charge in [-0.2, -0.15) is 5.26 Å². The van der Waals surface area contributed by atoms with Crippen molar-refractivity contribution in [3.05, 3.63) is 66.4 Å². The fourth-order valence-corrected chi connectivity index (χ4v) is 4.03. The monoisotopic (exact) mass is 393 g/mol. The third-order valence-electron chi connectivity index (χ3n) is 4.23. The summed E-state index contributed by atoms with van der Waals surface area (Å²) < 4.78 is 5.70. The highest BCUT2D eigenvalue weighted by Gasteiger charge is 2.22. The Kier molecular flexibility index (Phi) is 6.75. The van der Waals surface area contributed by atoms with Crippen molar-refractivity contribution in [1.82, 2.24) is 4.90 Å². The predicted molar refractivity (Wildman–Crippen MR) is 111 cm³/mol. The van der Waals surface area contributed by atoms with Crippen molar-refractivity contribution in [1.29, 1.82) is 5.26 Å². The third-order valence-corrected chi connectivity index (χ3v) is 5.31. The molecule has 0 aliphatic carbocycles. The van der Waals surface area contributed by atoms with E-state index in [9.17, 15) is 10.1 Å². The van der Waals surface area contributed by atoms with Gasteiger partial charge in [-0.15, -0.1) is 0 Å². The van der Waals surface area contributed by atoms with Crippen LogP contribution in [0.1, 0.15) is 13.8 Å². The van der Waals surface area contributed by atoms with Gasteiger partial charge < -0.3 is 15.0 Å². The topological polar surface area (TPSA) is 65.4 Å². The van der Waals surface area contributed by atoms with Gasteiger partial charge in [-0.25, -0.2) is 0 Å². The highest BCUT2D eigenvalue weighted by Crippen LogP contribution is 2.33. The largest absolute Gasteiger partial charge is 0.372 e. The Hall–Kier alpha value is -2.75. The first kappa shape index (κ1) is 20.0. The predicted octanol–water partition coefficient (Wildman–Crippen LogP) is 4.29. The molecule has 3 rings (SSSR count). The zero-order valence-corrected chi connectivity index (χ0v) is 16.8. The molecule has 0 bridgehead atoms. The summed E-state index contributed by atoms with van der Waals surface area (Å²) in [6.07, 6.45) is 1.76. The first-order valence-electron chi connectivity index (χ1n) is 9.20. The Morgan fingerprint density at radius 1 is 1.14 bits per heavy atom. The van der Waals surface area contributed by atoms with Gasteiger partial charge in [-0.1, -0.05) is 42.1 Å². The van der Waals surface area contributed by atoms with Crippen LogP contribution < -0.4 is 5.32 Å². The summed E-state index contributed by atoms with van der Waals surface area (Å²) in [5.74, 6) is -0.407. The highest BCUT2D eigenvalue weighted by atomic mass is 32.2. The number of nitrogens with zero attached hydrogens (tertiary/aromatic N) is 2. The van der Waals surface area contributed by atoms with Crippen molar-refractivity contribution in [3.8, 4) is 6.07 Å². The molecule has 1 N–H and O–H groups in total. The molecule has 0 aromatic heterocycles. The maximum Gasteiger partial charge on any atom is 0.267 e. The summed E-state index contributed by atoms with van der Waals surface area (Å²) in [5.41, 5.74) is 0.770. The molecule has 2 atom stereocenters. The fraction of sp³-hybridized carbons (Fsp3) is 0.273. The highest BCUT2D eigenvalue weighted by molar-refractivity contribution is 7.99. The number of nitriles is 1. The van der Waals surface area contributed by atoms with Crippen LogP contribution in [0.15, 0.2) is 76.2 Å². The van der Waals surface area contributed by atoms with Crippen LogP contribution in [0.25, 0.3) is 0 Å². The molecule has 1 amide bonds. The molecule has 2 unspecified atom stereocenters. The van der Waals surface area contributed by atoms with Crippen molar-refractivity contribution in [2.45, 2.75) is 35.8 Å². The molecule has 144 valence electrons. The maximum absolute atomic E-state index is 12.7. The quantitative estimate of drug-likeness (QED) is 0.606. The van der Waals surface area contributed by atoms with E-state index in [1.54, 1.807) is 18.0 Å². The Morgan fingerprint density at radius 2 is 1.79 bits per heavy atom. The number of carbonyl (C=O) groups excluding carboxylic acids is 1. The number of morpholine rings is 1. The van der Waals surface area contributed by atoms with Gasteiger partial charge in [0.15, 0.2) is 0 Å². The number of amides is 1. The first-order valence-corrected chi connectivity index (χ1v) is 10.0. The summed E-state index contributed by atoms with van der Waals surface area (Å²) in [6, 6.07) is 19.6. The summed E-state index contributed by atoms with van der Waals surface area (Å²) in [5, 5.41) is 12.4. The SMILES string of the molecule is CC1CN(/C=C(/C#N)C(=O)Nc2ccccc2Sc2ccccc2)CC(C)O1. The van der Waals surface area contributed by atoms with E-state index in [-0.39, 0.29) is 17.8 Å². The molecule has 2 aromatic carbocycles. The van der Waals surface area contributed by atoms with Crippen molar-refractivity contribution >= 4 is 23.4 Å². The summed E-state index contributed by atoms with van der Waals surface area (Å²) in [7, 11) is 0. The fourth-order valence-electron chi connectivity index (χ4n) is 3.11. The van der Waals surface area contributed by atoms with Crippen LogP contribution in [0.5, 0.6) is 0 Å². The van der Waals surface area contributed by atoms with Gasteiger partial charge in [0.05, 0.1) is 17.9 Å². The average molecular weight is 394 g/mol. The van der Waals surface area contributed by atoms with Crippen LogP contribution in [0.2, 0.25) is 0 Å². The Labute approximate surface area is 170 Å². The molecule has 1 aliphatic heterocycles. The molecule has 1 heterocycles. The molecular weight excluding hydrogens is 370 g/mol. The minimum Gasteiger partial charge on any atom is -0.372 e. The van der Waals surface area contributed by atoms with Gasteiger partial charge >= 0.3 is 0 Å². The minimum absolute atomic E-state index is 0.0611. The molecule has 28 heavy (non-hydrogen) atoms. The average Bonchev–Trinajstić information content (AvgIpc) is 2.67. The number of para-hydroxylation sites is 1. The van der Waals surface area contributed by atoms with Gasteiger partial charge in [-0.3, -0.25) is 4.79 Å². The third kappa shape index (κ3) is 5.38. The minimum atomic E-state index is -0.407. The molecule has 1 saturated heterocycles. The number of anilines is 1. The van der Waals surface area contributed by atoms with Crippen LogP contribution in [0, 0.1) is 11.3 Å². The van der Waals surface area contributed by atoms with Crippen LogP contribution >= 0.6 is 11.8 Å². The van der Waals surface area contributed by atoms with E-state index in [1.807, 2.05) is 79.4 Å². The van der Waals surface area contributed by atoms with Gasteiger partial charge in [0.2, 0.25) is 0 Å². The van der Waals surface area contributed by atoms with E-state index in [0.29, 0.717) is 18.8 Å². The van der Waals surface area contributed by atoms with Crippen LogP contribution in [-0.2, 0) is 9.53 Å². The number of hydrogen-bond acceptors (Lipinski definition) is 5. The summed E-state index contributed by atoms with van der Waals surface area (Å²) >= 11 is 1.57. The van der Waals surface area contributed by atoms with Crippen molar-refractivity contribution in [2.75, 3.05) is 18.4 Å². The number of rotatable bonds is 5. The maximum atomic E-state index is 12.7. The number of nitrogens with one attached hydrogen (secondary N) is 1. The zero-order valence-electron chi connectivity index (χ0n) is 16.0. The van der Waals surface area contributed by atoms with Crippen LogP contribution in [-0.4, -0.2) is 36.1 Å². The molecule has 1 fully saturated rings. The number of benzene rings is 2. The smallest absolute Gasteiger partial charge is 0.267 e. The van der Waals surface area contributed by atoms with Crippen molar-refractivity contribution in [2.24, 2.45) is 0 Å². The molecule has 2 aromatic rings. The Bertz CT molecular complexity index is 882. The Morgan fingerprint density at radius 3 is 2.46 bits per heavy atom. The molecule has 6 heteroatoms. The van der Waals surface area contributed by atoms with Gasteiger partial charge in [0.1, 0.15) is 11.6 Å². The van der Waals surface area contributed by atoms with Gasteiger partial charge in [0, 0.05) is 29.1 Å². The molecule has 0 saturated carbocycles. The van der Waals surface area contributed by atoms with Gasteiger partial charge in [-0.05, 0) is 38.1 Å². The summed E-state index contributed by atoms with van der Waals surface area (Å²) in [4.78, 5) is 16.7. The van der Waals surface area contributed by atoms with E-state index in [1.165, 1.54) is 0 Å². The lowest BCUT2D eigenvalue weighted by molar-refractivity contribution is -0.112. The Balaban J connectivity index is 1.74. The van der Waals surface area contributed by atoms with E-state index >= 15 is 0 Å². The lowest BCUT2D eigenvalue weighted by Crippen LogP contribution is -2.43. The first-order chi connectivity index (χ1) is 13.5. The van der Waals surface area contributed by atoms with E-state index in [0.717, 1.165) is 9.79 Å². The molecule has 5 nitrogen and oxygen atoms in total.